The second-order valence-corrected chi connectivity index (χ2v) is 3.92. The van der Waals surface area contributed by atoms with Crippen molar-refractivity contribution in [1.82, 2.24) is 5.32 Å². The third kappa shape index (κ3) is 3.00. The molecule has 1 aromatic rings. The number of nitrogen functional groups attached to an aromatic ring is 1. The van der Waals surface area contributed by atoms with Gasteiger partial charge in [0.2, 0.25) is 0 Å². The molecule has 1 heterocycles. The molecule has 2 rings (SSSR count). The van der Waals surface area contributed by atoms with Crippen LogP contribution in [0.2, 0.25) is 0 Å². The quantitative estimate of drug-likeness (QED) is 0.493. The molecule has 2 heteroatoms. The molecule has 2 nitrogen and oxygen atoms in total. The average molecular weight is 200 g/mol. The Hall–Kier alpha value is -1.46. The summed E-state index contributed by atoms with van der Waals surface area (Å²) in [5.41, 5.74) is 7.46. The van der Waals surface area contributed by atoms with Crippen molar-refractivity contribution in [2.75, 3.05) is 18.8 Å². The van der Waals surface area contributed by atoms with Crippen LogP contribution >= 0.6 is 0 Å². The summed E-state index contributed by atoms with van der Waals surface area (Å²) in [6.45, 7) is 2.20. The van der Waals surface area contributed by atoms with Crippen LogP contribution in [0.1, 0.15) is 18.4 Å². The fourth-order valence-electron chi connectivity index (χ4n) is 1.72. The van der Waals surface area contributed by atoms with Crippen LogP contribution in [-0.2, 0) is 0 Å². The standard InChI is InChI=1S/C13H16N2/c14-13-5-3-11(4-6-13)1-2-12-7-9-15-10-8-12/h3-6,12,15H,7-10,14H2. The van der Waals surface area contributed by atoms with Crippen molar-refractivity contribution < 1.29 is 0 Å². The van der Waals surface area contributed by atoms with Gasteiger partial charge in [0.1, 0.15) is 0 Å². The number of hydrogen-bond donors (Lipinski definition) is 2. The lowest BCUT2D eigenvalue weighted by molar-refractivity contribution is 0.447. The molecule has 0 atom stereocenters. The maximum Gasteiger partial charge on any atom is 0.0314 e. The summed E-state index contributed by atoms with van der Waals surface area (Å²) in [6, 6.07) is 7.74. The first-order valence-corrected chi connectivity index (χ1v) is 5.42. The molecule has 0 amide bonds. The molecule has 3 N–H and O–H groups in total. The van der Waals surface area contributed by atoms with Crippen molar-refractivity contribution in [3.8, 4) is 11.8 Å². The van der Waals surface area contributed by atoms with Crippen LogP contribution in [0.25, 0.3) is 0 Å². The summed E-state index contributed by atoms with van der Waals surface area (Å²) in [7, 11) is 0. The Labute approximate surface area is 90.9 Å². The van der Waals surface area contributed by atoms with Gasteiger partial charge in [-0.25, -0.2) is 0 Å². The van der Waals surface area contributed by atoms with Crippen LogP contribution < -0.4 is 11.1 Å². The Morgan fingerprint density at radius 2 is 1.80 bits per heavy atom. The number of piperidine rings is 1. The van der Waals surface area contributed by atoms with Gasteiger partial charge in [0, 0.05) is 17.2 Å². The van der Waals surface area contributed by atoms with Crippen LogP contribution in [-0.4, -0.2) is 13.1 Å². The van der Waals surface area contributed by atoms with Crippen molar-refractivity contribution in [2.24, 2.45) is 5.92 Å². The van der Waals surface area contributed by atoms with Crippen LogP contribution in [0.3, 0.4) is 0 Å². The Kier molecular flexibility index (Phi) is 3.26. The Bertz CT molecular complexity index is 364. The average Bonchev–Trinajstić information content (AvgIpc) is 2.30. The lowest BCUT2D eigenvalue weighted by Gasteiger charge is -2.17. The van der Waals surface area contributed by atoms with E-state index in [1.165, 1.54) is 12.8 Å². The first-order valence-electron chi connectivity index (χ1n) is 5.42. The molecule has 78 valence electrons. The zero-order valence-corrected chi connectivity index (χ0v) is 8.79. The largest absolute Gasteiger partial charge is 0.399 e. The van der Waals surface area contributed by atoms with Gasteiger partial charge in [-0.15, -0.1) is 0 Å². The summed E-state index contributed by atoms with van der Waals surface area (Å²) in [4.78, 5) is 0. The number of hydrogen-bond acceptors (Lipinski definition) is 2. The maximum absolute atomic E-state index is 5.61. The molecular formula is C13H16N2. The first-order chi connectivity index (χ1) is 7.34. The Morgan fingerprint density at radius 3 is 2.47 bits per heavy atom. The van der Waals surface area contributed by atoms with Crippen molar-refractivity contribution in [3.05, 3.63) is 29.8 Å². The number of rotatable bonds is 0. The number of nitrogens with one attached hydrogen (secondary N) is 1. The highest BCUT2D eigenvalue weighted by Gasteiger charge is 2.08. The molecule has 0 aliphatic carbocycles. The molecule has 0 spiro atoms. The second-order valence-electron chi connectivity index (χ2n) is 3.92. The molecule has 0 saturated carbocycles. The van der Waals surface area contributed by atoms with Gasteiger partial charge in [0.25, 0.3) is 0 Å². The Morgan fingerprint density at radius 1 is 1.13 bits per heavy atom. The van der Waals surface area contributed by atoms with Gasteiger partial charge < -0.3 is 11.1 Å². The lowest BCUT2D eigenvalue weighted by Crippen LogP contribution is -2.26. The molecule has 0 aromatic heterocycles. The van der Waals surface area contributed by atoms with E-state index < -0.39 is 0 Å². The van der Waals surface area contributed by atoms with Crippen molar-refractivity contribution in [1.29, 1.82) is 0 Å². The topological polar surface area (TPSA) is 38.0 Å². The molecule has 1 aliphatic rings. The van der Waals surface area contributed by atoms with Crippen molar-refractivity contribution >= 4 is 5.69 Å². The summed E-state index contributed by atoms with van der Waals surface area (Å²) in [5.74, 6) is 7.09. The van der Waals surface area contributed by atoms with E-state index >= 15 is 0 Å². The highest BCUT2D eigenvalue weighted by Crippen LogP contribution is 2.10. The molecule has 1 fully saturated rings. The number of benzene rings is 1. The molecule has 0 bridgehead atoms. The van der Waals surface area contributed by atoms with Gasteiger partial charge in [-0.05, 0) is 50.2 Å². The van der Waals surface area contributed by atoms with Crippen molar-refractivity contribution in [2.45, 2.75) is 12.8 Å². The van der Waals surface area contributed by atoms with Gasteiger partial charge in [-0.2, -0.15) is 0 Å². The number of anilines is 1. The SMILES string of the molecule is Nc1ccc(C#CC2CCNCC2)cc1. The molecule has 1 saturated heterocycles. The van der Waals surface area contributed by atoms with E-state index in [2.05, 4.69) is 17.2 Å². The summed E-state index contributed by atoms with van der Waals surface area (Å²) in [6.07, 6.45) is 2.34. The van der Waals surface area contributed by atoms with Crippen LogP contribution in [0.5, 0.6) is 0 Å². The van der Waals surface area contributed by atoms with E-state index in [1.54, 1.807) is 0 Å². The molecular weight excluding hydrogens is 184 g/mol. The summed E-state index contributed by atoms with van der Waals surface area (Å²) < 4.78 is 0. The van der Waals surface area contributed by atoms with E-state index in [4.69, 9.17) is 5.73 Å². The van der Waals surface area contributed by atoms with Gasteiger partial charge in [0.05, 0.1) is 0 Å². The minimum Gasteiger partial charge on any atom is -0.399 e. The van der Waals surface area contributed by atoms with Gasteiger partial charge in [-0.1, -0.05) is 11.8 Å². The summed E-state index contributed by atoms with van der Waals surface area (Å²) in [5, 5.41) is 3.34. The molecule has 0 radical (unpaired) electrons. The van der Waals surface area contributed by atoms with Gasteiger partial charge in [-0.3, -0.25) is 0 Å². The lowest BCUT2D eigenvalue weighted by atomic mass is 9.98. The van der Waals surface area contributed by atoms with E-state index in [9.17, 15) is 0 Å². The van der Waals surface area contributed by atoms with Crippen LogP contribution in [0.15, 0.2) is 24.3 Å². The predicted octanol–water partition coefficient (Wildman–Crippen LogP) is 1.62. The third-order valence-corrected chi connectivity index (χ3v) is 2.67. The second kappa shape index (κ2) is 4.86. The molecule has 15 heavy (non-hydrogen) atoms. The fraction of sp³-hybridized carbons (Fsp3) is 0.385. The van der Waals surface area contributed by atoms with E-state index in [0.717, 1.165) is 24.3 Å². The zero-order chi connectivity index (χ0) is 10.5. The fourth-order valence-corrected chi connectivity index (χ4v) is 1.72. The monoisotopic (exact) mass is 200 g/mol. The van der Waals surface area contributed by atoms with E-state index in [0.29, 0.717) is 5.92 Å². The highest BCUT2D eigenvalue weighted by atomic mass is 14.9. The minimum atomic E-state index is 0.559. The molecule has 1 aromatic carbocycles. The van der Waals surface area contributed by atoms with Gasteiger partial charge in [0.15, 0.2) is 0 Å². The van der Waals surface area contributed by atoms with Crippen molar-refractivity contribution in [3.63, 3.8) is 0 Å². The normalized spacial score (nSPS) is 16.8. The Balaban J connectivity index is 2.00. The smallest absolute Gasteiger partial charge is 0.0314 e. The maximum atomic E-state index is 5.61. The van der Waals surface area contributed by atoms with E-state index in [1.807, 2.05) is 24.3 Å². The van der Waals surface area contributed by atoms with E-state index in [-0.39, 0.29) is 0 Å². The summed E-state index contributed by atoms with van der Waals surface area (Å²) >= 11 is 0. The van der Waals surface area contributed by atoms with Crippen LogP contribution in [0, 0.1) is 17.8 Å². The first kappa shape index (κ1) is 10.1. The zero-order valence-electron chi connectivity index (χ0n) is 8.79. The predicted molar refractivity (Wildman–Crippen MR) is 63.3 cm³/mol. The molecule has 0 unspecified atom stereocenters. The number of nitrogens with two attached hydrogens (primary N) is 1. The van der Waals surface area contributed by atoms with Crippen LogP contribution in [0.4, 0.5) is 5.69 Å². The third-order valence-electron chi connectivity index (χ3n) is 2.67. The minimum absolute atomic E-state index is 0.559. The highest BCUT2D eigenvalue weighted by molar-refractivity contribution is 5.44. The van der Waals surface area contributed by atoms with Gasteiger partial charge >= 0.3 is 0 Å². The molecule has 1 aliphatic heterocycles.